The van der Waals surface area contributed by atoms with Crippen LogP contribution in [0.5, 0.6) is 5.75 Å². The zero-order chi connectivity index (χ0) is 11.4. The standard InChI is InChI=1S/C12H10N2O/c1-8-3-11(5-10(6-13)7-14)12(15)4-9(8)2/h3-5,15H,1-2H3. The Morgan fingerprint density at radius 1 is 1.20 bits per heavy atom. The van der Waals surface area contributed by atoms with Crippen molar-refractivity contribution in [2.45, 2.75) is 13.8 Å². The minimum Gasteiger partial charge on any atom is -0.507 e. The van der Waals surface area contributed by atoms with E-state index in [4.69, 9.17) is 10.5 Å². The fourth-order valence-electron chi connectivity index (χ4n) is 1.18. The lowest BCUT2D eigenvalue weighted by atomic mass is 10.0. The third-order valence-corrected chi connectivity index (χ3v) is 2.18. The lowest BCUT2D eigenvalue weighted by Crippen LogP contribution is -1.84. The lowest BCUT2D eigenvalue weighted by Gasteiger charge is -2.04. The summed E-state index contributed by atoms with van der Waals surface area (Å²) in [5.74, 6) is 0.0844. The Balaban J connectivity index is 3.30. The second-order valence-corrected chi connectivity index (χ2v) is 3.28. The van der Waals surface area contributed by atoms with E-state index in [1.807, 2.05) is 13.8 Å². The van der Waals surface area contributed by atoms with E-state index in [0.717, 1.165) is 11.1 Å². The summed E-state index contributed by atoms with van der Waals surface area (Å²) in [6.07, 6.45) is 1.38. The van der Waals surface area contributed by atoms with E-state index in [2.05, 4.69) is 0 Å². The highest BCUT2D eigenvalue weighted by Crippen LogP contribution is 2.23. The molecular weight excluding hydrogens is 188 g/mol. The summed E-state index contributed by atoms with van der Waals surface area (Å²) >= 11 is 0. The highest BCUT2D eigenvalue weighted by atomic mass is 16.3. The van der Waals surface area contributed by atoms with Gasteiger partial charge in [0.2, 0.25) is 0 Å². The average Bonchev–Trinajstić information content (AvgIpc) is 2.21. The van der Waals surface area contributed by atoms with Crippen LogP contribution >= 0.6 is 0 Å². The summed E-state index contributed by atoms with van der Waals surface area (Å²) in [6, 6.07) is 6.87. The molecule has 3 nitrogen and oxygen atoms in total. The molecule has 0 aliphatic carbocycles. The monoisotopic (exact) mass is 198 g/mol. The highest BCUT2D eigenvalue weighted by molar-refractivity contribution is 5.67. The van der Waals surface area contributed by atoms with Crippen LogP contribution in [0.3, 0.4) is 0 Å². The van der Waals surface area contributed by atoms with E-state index >= 15 is 0 Å². The molecule has 0 aromatic heterocycles. The van der Waals surface area contributed by atoms with Crippen molar-refractivity contribution >= 4 is 6.08 Å². The first kappa shape index (κ1) is 10.8. The number of phenols is 1. The summed E-state index contributed by atoms with van der Waals surface area (Å²) in [7, 11) is 0. The zero-order valence-corrected chi connectivity index (χ0v) is 8.57. The summed E-state index contributed by atoms with van der Waals surface area (Å²) in [4.78, 5) is 0. The number of hydrogen-bond donors (Lipinski definition) is 1. The summed E-state index contributed by atoms with van der Waals surface area (Å²) in [5, 5.41) is 26.8. The number of aromatic hydroxyl groups is 1. The van der Waals surface area contributed by atoms with Crippen molar-refractivity contribution in [1.82, 2.24) is 0 Å². The van der Waals surface area contributed by atoms with E-state index in [1.54, 1.807) is 24.3 Å². The summed E-state index contributed by atoms with van der Waals surface area (Å²) in [6.45, 7) is 3.79. The second-order valence-electron chi connectivity index (χ2n) is 3.28. The van der Waals surface area contributed by atoms with E-state index in [1.165, 1.54) is 6.08 Å². The molecule has 74 valence electrons. The Kier molecular flexibility index (Phi) is 3.10. The molecule has 0 fully saturated rings. The molecule has 0 aliphatic rings. The van der Waals surface area contributed by atoms with Gasteiger partial charge in [-0.1, -0.05) is 0 Å². The van der Waals surface area contributed by atoms with Gasteiger partial charge in [-0.05, 0) is 43.2 Å². The van der Waals surface area contributed by atoms with Crippen LogP contribution in [0.2, 0.25) is 0 Å². The Bertz CT molecular complexity index is 486. The topological polar surface area (TPSA) is 67.8 Å². The predicted octanol–water partition coefficient (Wildman–Crippen LogP) is 2.44. The molecule has 1 aromatic rings. The first-order valence-electron chi connectivity index (χ1n) is 4.40. The Morgan fingerprint density at radius 2 is 1.73 bits per heavy atom. The zero-order valence-electron chi connectivity index (χ0n) is 8.57. The third-order valence-electron chi connectivity index (χ3n) is 2.18. The summed E-state index contributed by atoms with van der Waals surface area (Å²) < 4.78 is 0. The number of allylic oxidation sites excluding steroid dienone is 1. The minimum atomic E-state index is -0.0199. The van der Waals surface area contributed by atoms with Gasteiger partial charge in [0.1, 0.15) is 23.5 Å². The molecule has 0 radical (unpaired) electrons. The van der Waals surface area contributed by atoms with Gasteiger partial charge in [-0.15, -0.1) is 0 Å². The molecule has 1 rings (SSSR count). The molecule has 3 heteroatoms. The third kappa shape index (κ3) is 2.36. The van der Waals surface area contributed by atoms with Crippen LogP contribution in [-0.2, 0) is 0 Å². The normalized spacial score (nSPS) is 8.80. The molecule has 0 aliphatic heterocycles. The number of phenolic OH excluding ortho intramolecular Hbond substituents is 1. The molecule has 0 spiro atoms. The first-order chi connectivity index (χ1) is 7.08. The van der Waals surface area contributed by atoms with Gasteiger partial charge in [0, 0.05) is 5.56 Å². The lowest BCUT2D eigenvalue weighted by molar-refractivity contribution is 0.473. The SMILES string of the molecule is Cc1cc(O)c(C=C(C#N)C#N)cc1C. The van der Waals surface area contributed by atoms with Crippen LogP contribution in [0.25, 0.3) is 6.08 Å². The number of nitriles is 2. The van der Waals surface area contributed by atoms with E-state index in [0.29, 0.717) is 5.56 Å². The Labute approximate surface area is 88.5 Å². The molecule has 0 bridgehead atoms. The van der Waals surface area contributed by atoms with Gasteiger partial charge in [0.05, 0.1) is 0 Å². The van der Waals surface area contributed by atoms with Crippen LogP contribution < -0.4 is 0 Å². The number of rotatable bonds is 1. The number of aryl methyl sites for hydroxylation is 2. The van der Waals surface area contributed by atoms with Gasteiger partial charge in [0.15, 0.2) is 0 Å². The van der Waals surface area contributed by atoms with Gasteiger partial charge in [0.25, 0.3) is 0 Å². The Hall–Kier alpha value is -2.26. The number of nitrogens with zero attached hydrogens (tertiary/aromatic N) is 2. The number of benzene rings is 1. The molecule has 1 aromatic carbocycles. The number of hydrogen-bond acceptors (Lipinski definition) is 3. The molecular formula is C12H10N2O. The fraction of sp³-hybridized carbons (Fsp3) is 0.167. The molecule has 0 atom stereocenters. The van der Waals surface area contributed by atoms with Gasteiger partial charge in [-0.3, -0.25) is 0 Å². The largest absolute Gasteiger partial charge is 0.507 e. The van der Waals surface area contributed by atoms with Gasteiger partial charge >= 0.3 is 0 Å². The van der Waals surface area contributed by atoms with Crippen molar-refractivity contribution < 1.29 is 5.11 Å². The summed E-state index contributed by atoms with van der Waals surface area (Å²) in [5.41, 5.74) is 2.46. The van der Waals surface area contributed by atoms with Crippen LogP contribution in [0.4, 0.5) is 0 Å². The van der Waals surface area contributed by atoms with Crippen molar-refractivity contribution in [3.8, 4) is 17.9 Å². The molecule has 0 saturated carbocycles. The van der Waals surface area contributed by atoms with Gasteiger partial charge in [-0.25, -0.2) is 0 Å². The average molecular weight is 198 g/mol. The van der Waals surface area contributed by atoms with Crippen molar-refractivity contribution in [3.63, 3.8) is 0 Å². The highest BCUT2D eigenvalue weighted by Gasteiger charge is 2.03. The fourth-order valence-corrected chi connectivity index (χ4v) is 1.18. The molecule has 15 heavy (non-hydrogen) atoms. The van der Waals surface area contributed by atoms with Gasteiger partial charge < -0.3 is 5.11 Å². The second kappa shape index (κ2) is 4.30. The van der Waals surface area contributed by atoms with Crippen molar-refractivity contribution in [2.24, 2.45) is 0 Å². The maximum absolute atomic E-state index is 9.59. The molecule has 0 amide bonds. The van der Waals surface area contributed by atoms with Crippen LogP contribution in [0.1, 0.15) is 16.7 Å². The quantitative estimate of drug-likeness (QED) is 0.704. The molecule has 0 unspecified atom stereocenters. The smallest absolute Gasteiger partial charge is 0.130 e. The van der Waals surface area contributed by atoms with Gasteiger partial charge in [-0.2, -0.15) is 10.5 Å². The van der Waals surface area contributed by atoms with E-state index in [-0.39, 0.29) is 11.3 Å². The maximum Gasteiger partial charge on any atom is 0.130 e. The van der Waals surface area contributed by atoms with Crippen LogP contribution in [-0.4, -0.2) is 5.11 Å². The van der Waals surface area contributed by atoms with E-state index in [9.17, 15) is 5.11 Å². The molecule has 0 saturated heterocycles. The first-order valence-corrected chi connectivity index (χ1v) is 4.40. The van der Waals surface area contributed by atoms with Crippen molar-refractivity contribution in [1.29, 1.82) is 10.5 Å². The predicted molar refractivity (Wildman–Crippen MR) is 56.8 cm³/mol. The molecule has 0 heterocycles. The van der Waals surface area contributed by atoms with Crippen LogP contribution in [0, 0.1) is 36.5 Å². The molecule has 1 N–H and O–H groups in total. The van der Waals surface area contributed by atoms with E-state index < -0.39 is 0 Å². The van der Waals surface area contributed by atoms with Crippen LogP contribution in [0.15, 0.2) is 17.7 Å². The minimum absolute atomic E-state index is 0.0199. The Morgan fingerprint density at radius 3 is 2.27 bits per heavy atom. The van der Waals surface area contributed by atoms with Crippen molar-refractivity contribution in [3.05, 3.63) is 34.4 Å². The maximum atomic E-state index is 9.59. The van der Waals surface area contributed by atoms with Crippen molar-refractivity contribution in [2.75, 3.05) is 0 Å².